The summed E-state index contributed by atoms with van der Waals surface area (Å²) < 4.78 is 69.7. The van der Waals surface area contributed by atoms with Gasteiger partial charge in [0.15, 0.2) is 0 Å². The van der Waals surface area contributed by atoms with Gasteiger partial charge in [-0.1, -0.05) is 0 Å². The third-order valence-electron chi connectivity index (χ3n) is 5.18. The summed E-state index contributed by atoms with van der Waals surface area (Å²) in [7, 11) is -4.64. The first-order valence-electron chi connectivity index (χ1n) is 11.1. The van der Waals surface area contributed by atoms with Crippen molar-refractivity contribution in [3.8, 4) is 11.5 Å². The van der Waals surface area contributed by atoms with Crippen molar-refractivity contribution < 1.29 is 26.3 Å². The molecule has 38 heavy (non-hydrogen) atoms. The number of rotatable bonds is 11. The van der Waals surface area contributed by atoms with Gasteiger partial charge in [0.05, 0.1) is 0 Å². The van der Waals surface area contributed by atoms with Crippen molar-refractivity contribution in [1.82, 2.24) is 0 Å². The van der Waals surface area contributed by atoms with Gasteiger partial charge in [-0.05, 0) is 0 Å². The topological polar surface area (TPSA) is 111 Å². The van der Waals surface area contributed by atoms with E-state index in [1.807, 2.05) is 0 Å². The molecule has 0 fully saturated rings. The van der Waals surface area contributed by atoms with Crippen LogP contribution in [0, 0.1) is 0 Å². The summed E-state index contributed by atoms with van der Waals surface area (Å²) in [5.74, 6) is 1.24. The van der Waals surface area contributed by atoms with Gasteiger partial charge in [-0.15, -0.1) is 0 Å². The Hall–Kier alpha value is -2.98. The van der Waals surface area contributed by atoms with Crippen LogP contribution >= 0.6 is 0 Å². The molecule has 0 heterocycles. The van der Waals surface area contributed by atoms with Crippen molar-refractivity contribution in [1.29, 1.82) is 0 Å². The van der Waals surface area contributed by atoms with Crippen molar-refractivity contribution in [2.24, 2.45) is 0 Å². The molecule has 198 valence electrons. The van der Waals surface area contributed by atoms with E-state index in [-0.39, 0.29) is 36.1 Å². The average Bonchev–Trinajstić information content (AvgIpc) is 2.92. The molecule has 0 spiro atoms. The van der Waals surface area contributed by atoms with Crippen LogP contribution in [-0.2, 0) is 20.0 Å². The third-order valence-corrected chi connectivity index (χ3v) is 15.9. The average molecular weight is 683 g/mol. The van der Waals surface area contributed by atoms with Gasteiger partial charge in [-0.2, -0.15) is 0 Å². The van der Waals surface area contributed by atoms with Gasteiger partial charge in [-0.3, -0.25) is 0 Å². The second-order valence-corrected chi connectivity index (χ2v) is 17.2. The number of sulfonamides is 2. The standard InChI is InChI=1S/C26H24N2O6S2Se2/c1-33-21-15-11-19(12-16-21)27-35(29,30)23-7-3-5-9-25(23)37-38-26-10-6-4-8-24(26)36(31,32)28-20-13-17-22(34-2)18-14-20/h3-18,27-28H,1-2H3. The maximum absolute atomic E-state index is 13.2. The van der Waals surface area contributed by atoms with E-state index in [0.29, 0.717) is 31.8 Å². The molecule has 0 aliphatic rings. The molecule has 0 saturated carbocycles. The first-order chi connectivity index (χ1) is 18.2. The van der Waals surface area contributed by atoms with Crippen LogP contribution in [0.25, 0.3) is 0 Å². The van der Waals surface area contributed by atoms with Crippen molar-refractivity contribution in [2.45, 2.75) is 9.79 Å². The van der Waals surface area contributed by atoms with E-state index in [1.165, 1.54) is 14.2 Å². The molecule has 0 saturated heterocycles. The zero-order valence-corrected chi connectivity index (χ0v) is 25.4. The molecule has 12 heteroatoms. The van der Waals surface area contributed by atoms with Crippen LogP contribution in [-0.4, -0.2) is 57.3 Å². The Labute approximate surface area is 233 Å². The molecule has 0 unspecified atom stereocenters. The molecule has 0 bridgehead atoms. The second kappa shape index (κ2) is 12.3. The molecule has 4 rings (SSSR count). The molecule has 2 N–H and O–H groups in total. The van der Waals surface area contributed by atoms with Crippen LogP contribution in [0.15, 0.2) is 107 Å². The van der Waals surface area contributed by atoms with Gasteiger partial charge >= 0.3 is 235 Å². The summed E-state index contributed by atoms with van der Waals surface area (Å²) in [5, 5.41) is 0. The van der Waals surface area contributed by atoms with E-state index in [2.05, 4.69) is 9.44 Å². The summed E-state index contributed by atoms with van der Waals surface area (Å²) in [6, 6.07) is 26.8. The summed E-state index contributed by atoms with van der Waals surface area (Å²) in [6.45, 7) is 0. The van der Waals surface area contributed by atoms with Crippen molar-refractivity contribution in [2.75, 3.05) is 23.7 Å². The maximum atomic E-state index is 13.2. The van der Waals surface area contributed by atoms with Crippen LogP contribution in [0.2, 0.25) is 0 Å². The first kappa shape index (κ1) is 28.0. The van der Waals surface area contributed by atoms with Crippen LogP contribution < -0.4 is 27.8 Å². The number of ether oxygens (including phenoxy) is 2. The zero-order valence-electron chi connectivity index (χ0n) is 20.3. The molecule has 0 aliphatic heterocycles. The Morgan fingerprint density at radius 2 is 0.868 bits per heavy atom. The van der Waals surface area contributed by atoms with Gasteiger partial charge in [0.2, 0.25) is 0 Å². The van der Waals surface area contributed by atoms with E-state index in [4.69, 9.17) is 9.47 Å². The molecule has 8 nitrogen and oxygen atoms in total. The fourth-order valence-corrected chi connectivity index (χ4v) is 15.4. The number of anilines is 2. The Kier molecular flexibility index (Phi) is 9.04. The van der Waals surface area contributed by atoms with Crippen LogP contribution in [0.5, 0.6) is 11.5 Å². The molecule has 0 aliphatic carbocycles. The summed E-state index contributed by atoms with van der Waals surface area (Å²) >= 11 is -0.631. The van der Waals surface area contributed by atoms with Crippen LogP contribution in [0.3, 0.4) is 0 Å². The number of hydrogen-bond donors (Lipinski definition) is 2. The van der Waals surface area contributed by atoms with Crippen molar-refractivity contribution in [3.05, 3.63) is 97.1 Å². The summed E-state index contributed by atoms with van der Waals surface area (Å²) in [5.41, 5.74) is 0.833. The van der Waals surface area contributed by atoms with E-state index >= 15 is 0 Å². The van der Waals surface area contributed by atoms with E-state index in [9.17, 15) is 16.8 Å². The molecular weight excluding hydrogens is 658 g/mol. The summed E-state index contributed by atoms with van der Waals surface area (Å²) in [4.78, 5) is 0.351. The second-order valence-electron chi connectivity index (χ2n) is 7.73. The minimum absolute atomic E-state index is 0.175. The number of nitrogens with one attached hydrogen (secondary N) is 2. The van der Waals surface area contributed by atoms with Crippen LogP contribution in [0.4, 0.5) is 11.4 Å². The van der Waals surface area contributed by atoms with Gasteiger partial charge in [0.1, 0.15) is 0 Å². The number of benzene rings is 4. The van der Waals surface area contributed by atoms with Gasteiger partial charge in [0, 0.05) is 0 Å². The van der Waals surface area contributed by atoms with E-state index in [1.54, 1.807) is 97.1 Å². The number of methoxy groups -OCH3 is 2. The van der Waals surface area contributed by atoms with Gasteiger partial charge in [0.25, 0.3) is 0 Å². The van der Waals surface area contributed by atoms with Gasteiger partial charge < -0.3 is 0 Å². The van der Waals surface area contributed by atoms with E-state index in [0.717, 1.165) is 0 Å². The number of hydrogen-bond acceptors (Lipinski definition) is 6. The minimum atomic E-state index is -3.86. The Morgan fingerprint density at radius 3 is 1.21 bits per heavy atom. The SMILES string of the molecule is COc1ccc(NS(=O)(=O)c2ccccc2[Se][Se]c2ccccc2S(=O)(=O)Nc2ccc(OC)cc2)cc1. The van der Waals surface area contributed by atoms with Crippen LogP contribution in [0.1, 0.15) is 0 Å². The Morgan fingerprint density at radius 1 is 0.526 bits per heavy atom. The molecule has 0 amide bonds. The normalized spacial score (nSPS) is 11.5. The molecule has 0 atom stereocenters. The molecular formula is C26H24N2O6S2Se2. The fraction of sp³-hybridized carbons (Fsp3) is 0.0769. The van der Waals surface area contributed by atoms with Crippen molar-refractivity contribution in [3.63, 3.8) is 0 Å². The zero-order chi connectivity index (χ0) is 27.2. The van der Waals surface area contributed by atoms with Gasteiger partial charge in [-0.25, -0.2) is 0 Å². The third kappa shape index (κ3) is 6.90. The Bertz CT molecular complexity index is 1490. The molecule has 4 aromatic rings. The predicted molar refractivity (Wildman–Crippen MR) is 151 cm³/mol. The molecule has 4 aromatic carbocycles. The summed E-state index contributed by atoms with van der Waals surface area (Å²) in [6.07, 6.45) is 0. The molecule has 0 radical (unpaired) electrons. The predicted octanol–water partition coefficient (Wildman–Crippen LogP) is 2.58. The quantitative estimate of drug-likeness (QED) is 0.236. The fourth-order valence-electron chi connectivity index (χ4n) is 3.31. The first-order valence-corrected chi connectivity index (χ1v) is 20.1. The molecule has 0 aromatic heterocycles. The Balaban J connectivity index is 1.55. The monoisotopic (exact) mass is 684 g/mol. The van der Waals surface area contributed by atoms with Crippen molar-refractivity contribution >= 4 is 66.6 Å². The van der Waals surface area contributed by atoms with E-state index < -0.39 is 20.0 Å².